The number of amides is 1. The minimum absolute atomic E-state index is 0.0783. The number of pyridine rings is 1. The molecular formula is C18H20ClN5O2. The quantitative estimate of drug-likeness (QED) is 0.712. The molecule has 1 amide bonds. The van der Waals surface area contributed by atoms with Gasteiger partial charge in [-0.1, -0.05) is 35.9 Å². The summed E-state index contributed by atoms with van der Waals surface area (Å²) >= 11 is 6.28. The van der Waals surface area contributed by atoms with Gasteiger partial charge in [0.1, 0.15) is 6.54 Å². The number of aromatic nitrogens is 3. The molecule has 1 aromatic carbocycles. The molecule has 1 N–H and O–H groups in total. The molecule has 1 unspecified atom stereocenters. The lowest BCUT2D eigenvalue weighted by molar-refractivity contribution is -0.122. The fourth-order valence-corrected chi connectivity index (χ4v) is 3.05. The predicted octanol–water partition coefficient (Wildman–Crippen LogP) is 1.57. The summed E-state index contributed by atoms with van der Waals surface area (Å²) in [6, 6.07) is 12.7. The van der Waals surface area contributed by atoms with E-state index in [1.807, 2.05) is 43.3 Å². The van der Waals surface area contributed by atoms with Crippen LogP contribution in [0.2, 0.25) is 5.02 Å². The van der Waals surface area contributed by atoms with Gasteiger partial charge in [0.05, 0.1) is 6.04 Å². The molecule has 0 bridgehead atoms. The molecule has 0 aliphatic rings. The van der Waals surface area contributed by atoms with Crippen LogP contribution in [0.3, 0.4) is 0 Å². The fourth-order valence-electron chi connectivity index (χ4n) is 2.79. The van der Waals surface area contributed by atoms with Gasteiger partial charge in [-0.05, 0) is 37.9 Å². The summed E-state index contributed by atoms with van der Waals surface area (Å²) in [7, 11) is 3.85. The van der Waals surface area contributed by atoms with Crippen molar-refractivity contribution < 1.29 is 4.79 Å². The van der Waals surface area contributed by atoms with Gasteiger partial charge in [0, 0.05) is 17.8 Å². The summed E-state index contributed by atoms with van der Waals surface area (Å²) in [6.45, 7) is 0.237. The Kier molecular flexibility index (Phi) is 5.39. The third-order valence-electron chi connectivity index (χ3n) is 4.16. The summed E-state index contributed by atoms with van der Waals surface area (Å²) in [5.41, 5.74) is 1.10. The van der Waals surface area contributed by atoms with E-state index in [1.54, 1.807) is 24.4 Å². The summed E-state index contributed by atoms with van der Waals surface area (Å²) in [6.07, 6.45) is 1.62. The molecule has 8 heteroatoms. The van der Waals surface area contributed by atoms with Crippen molar-refractivity contribution in [3.8, 4) is 0 Å². The number of hydrogen-bond donors (Lipinski definition) is 1. The van der Waals surface area contributed by atoms with Crippen LogP contribution in [0.4, 0.5) is 0 Å². The molecule has 0 aliphatic carbocycles. The van der Waals surface area contributed by atoms with Gasteiger partial charge in [-0.25, -0.2) is 9.48 Å². The van der Waals surface area contributed by atoms with E-state index >= 15 is 0 Å². The highest BCUT2D eigenvalue weighted by atomic mass is 35.5. The summed E-state index contributed by atoms with van der Waals surface area (Å²) in [4.78, 5) is 26.5. The molecule has 0 aliphatic heterocycles. The van der Waals surface area contributed by atoms with Crippen LogP contribution in [0.5, 0.6) is 0 Å². The zero-order valence-corrected chi connectivity index (χ0v) is 15.3. The first kappa shape index (κ1) is 18.2. The number of carbonyl (C=O) groups excluding carboxylic acids is 1. The van der Waals surface area contributed by atoms with Crippen molar-refractivity contribution in [3.05, 3.63) is 69.7 Å². The van der Waals surface area contributed by atoms with Crippen molar-refractivity contribution in [3.63, 3.8) is 0 Å². The van der Waals surface area contributed by atoms with Crippen LogP contribution in [0, 0.1) is 0 Å². The number of rotatable bonds is 6. The van der Waals surface area contributed by atoms with Gasteiger partial charge in [0.25, 0.3) is 0 Å². The van der Waals surface area contributed by atoms with E-state index in [-0.39, 0.29) is 24.2 Å². The van der Waals surface area contributed by atoms with Crippen molar-refractivity contribution in [1.29, 1.82) is 0 Å². The highest BCUT2D eigenvalue weighted by Gasteiger charge is 2.18. The van der Waals surface area contributed by atoms with E-state index in [4.69, 9.17) is 11.6 Å². The number of hydrogen-bond acceptors (Lipinski definition) is 4. The summed E-state index contributed by atoms with van der Waals surface area (Å²) < 4.78 is 2.56. The first-order valence-corrected chi connectivity index (χ1v) is 8.57. The highest BCUT2D eigenvalue weighted by molar-refractivity contribution is 6.31. The van der Waals surface area contributed by atoms with E-state index < -0.39 is 0 Å². The third-order valence-corrected chi connectivity index (χ3v) is 4.51. The molecule has 3 aromatic rings. The molecule has 0 spiro atoms. The van der Waals surface area contributed by atoms with Crippen molar-refractivity contribution in [1.82, 2.24) is 24.4 Å². The average Bonchev–Trinajstić information content (AvgIpc) is 2.92. The molecule has 136 valence electrons. The zero-order chi connectivity index (χ0) is 18.7. The monoisotopic (exact) mass is 373 g/mol. The topological polar surface area (TPSA) is 71.6 Å². The number of nitrogens with zero attached hydrogens (tertiary/aromatic N) is 4. The maximum atomic E-state index is 12.3. The van der Waals surface area contributed by atoms with Crippen LogP contribution in [-0.4, -0.2) is 45.6 Å². The van der Waals surface area contributed by atoms with Gasteiger partial charge in [-0.3, -0.25) is 9.20 Å². The first-order chi connectivity index (χ1) is 12.5. The van der Waals surface area contributed by atoms with Crippen molar-refractivity contribution in [2.75, 3.05) is 20.6 Å². The lowest BCUT2D eigenvalue weighted by atomic mass is 10.1. The Balaban J connectivity index is 1.70. The normalized spacial score (nSPS) is 12.5. The molecule has 0 radical (unpaired) electrons. The molecule has 2 heterocycles. The van der Waals surface area contributed by atoms with Crippen molar-refractivity contribution in [2.45, 2.75) is 12.6 Å². The van der Waals surface area contributed by atoms with Crippen LogP contribution in [-0.2, 0) is 11.3 Å². The average molecular weight is 374 g/mol. The predicted molar refractivity (Wildman–Crippen MR) is 100 cm³/mol. The van der Waals surface area contributed by atoms with Gasteiger partial charge in [-0.2, -0.15) is 0 Å². The molecule has 0 saturated heterocycles. The summed E-state index contributed by atoms with van der Waals surface area (Å²) in [5.74, 6) is -0.283. The Labute approximate surface area is 155 Å². The Morgan fingerprint density at radius 3 is 2.65 bits per heavy atom. The first-order valence-electron chi connectivity index (χ1n) is 8.19. The van der Waals surface area contributed by atoms with Gasteiger partial charge in [0.2, 0.25) is 5.91 Å². The molecule has 0 saturated carbocycles. The van der Waals surface area contributed by atoms with E-state index in [0.717, 1.165) is 10.2 Å². The van der Waals surface area contributed by atoms with Crippen LogP contribution in [0.1, 0.15) is 11.6 Å². The minimum Gasteiger partial charge on any atom is -0.353 e. The molecule has 7 nitrogen and oxygen atoms in total. The SMILES string of the molecule is CN(C)C(CNC(=O)Cn1nc2ccccn2c1=O)c1ccccc1Cl. The highest BCUT2D eigenvalue weighted by Crippen LogP contribution is 2.25. The molecule has 1 atom stereocenters. The molecule has 3 rings (SSSR count). The lowest BCUT2D eigenvalue weighted by Gasteiger charge is -2.25. The number of nitrogens with one attached hydrogen (secondary N) is 1. The van der Waals surface area contributed by atoms with E-state index in [2.05, 4.69) is 10.4 Å². The smallest absolute Gasteiger partial charge is 0.350 e. The van der Waals surface area contributed by atoms with Crippen LogP contribution < -0.4 is 11.0 Å². The maximum Gasteiger partial charge on any atom is 0.350 e. The second-order valence-electron chi connectivity index (χ2n) is 6.17. The Hall–Kier alpha value is -2.64. The molecule has 0 fully saturated rings. The number of benzene rings is 1. The van der Waals surface area contributed by atoms with Crippen LogP contribution in [0.15, 0.2) is 53.5 Å². The Bertz CT molecular complexity index is 979. The minimum atomic E-state index is -0.342. The van der Waals surface area contributed by atoms with E-state index in [0.29, 0.717) is 17.2 Å². The largest absolute Gasteiger partial charge is 0.353 e. The number of carbonyl (C=O) groups is 1. The van der Waals surface area contributed by atoms with Crippen LogP contribution >= 0.6 is 11.6 Å². The fraction of sp³-hybridized carbons (Fsp3) is 0.278. The maximum absolute atomic E-state index is 12.3. The third kappa shape index (κ3) is 3.79. The van der Waals surface area contributed by atoms with Gasteiger partial charge >= 0.3 is 5.69 Å². The number of likely N-dealkylation sites (N-methyl/N-ethyl adjacent to an activating group) is 1. The van der Waals surface area contributed by atoms with Crippen LogP contribution in [0.25, 0.3) is 5.65 Å². The second kappa shape index (κ2) is 7.72. The summed E-state index contributed by atoms with van der Waals surface area (Å²) in [5, 5.41) is 7.67. The van der Waals surface area contributed by atoms with Crippen molar-refractivity contribution in [2.24, 2.45) is 0 Å². The molecule has 26 heavy (non-hydrogen) atoms. The van der Waals surface area contributed by atoms with E-state index in [1.165, 1.54) is 4.40 Å². The van der Waals surface area contributed by atoms with Crippen molar-refractivity contribution >= 4 is 23.2 Å². The van der Waals surface area contributed by atoms with Gasteiger partial charge in [0.15, 0.2) is 5.65 Å². The molecule has 2 aromatic heterocycles. The Morgan fingerprint density at radius 2 is 1.96 bits per heavy atom. The van der Waals surface area contributed by atoms with Gasteiger partial charge < -0.3 is 10.2 Å². The number of halogens is 1. The zero-order valence-electron chi connectivity index (χ0n) is 14.6. The standard InChI is InChI=1S/C18H20ClN5O2/c1-22(2)15(13-7-3-4-8-14(13)19)11-20-17(25)12-24-18(26)23-10-6-5-9-16(23)21-24/h3-10,15H,11-12H2,1-2H3,(H,20,25). The lowest BCUT2D eigenvalue weighted by Crippen LogP contribution is -2.38. The second-order valence-corrected chi connectivity index (χ2v) is 6.58. The molecular weight excluding hydrogens is 354 g/mol. The number of fused-ring (bicyclic) bond motifs is 1. The Morgan fingerprint density at radius 1 is 1.23 bits per heavy atom. The van der Waals surface area contributed by atoms with Gasteiger partial charge in [-0.15, -0.1) is 5.10 Å². The van der Waals surface area contributed by atoms with E-state index in [9.17, 15) is 9.59 Å².